The van der Waals surface area contributed by atoms with E-state index < -0.39 is 14.4 Å². The lowest BCUT2D eigenvalue weighted by Crippen LogP contribution is -2.46. The summed E-state index contributed by atoms with van der Waals surface area (Å²) >= 11 is 0. The number of fused-ring (bicyclic) bond motifs is 1. The Labute approximate surface area is 129 Å². The molecule has 0 radical (unpaired) electrons. The fourth-order valence-corrected chi connectivity index (χ4v) is 3.35. The molecule has 0 aromatic carbocycles. The number of aliphatic hydroxyl groups excluding tert-OH is 1. The van der Waals surface area contributed by atoms with E-state index in [9.17, 15) is 5.11 Å². The molecule has 0 aromatic rings. The number of epoxide rings is 1. The van der Waals surface area contributed by atoms with Crippen molar-refractivity contribution in [3.63, 3.8) is 0 Å². The third-order valence-corrected chi connectivity index (χ3v) is 8.99. The molecule has 0 bridgehead atoms. The third-order valence-electron chi connectivity index (χ3n) is 4.52. The highest BCUT2D eigenvalue weighted by Crippen LogP contribution is 2.43. The first kappa shape index (κ1) is 16.5. The predicted molar refractivity (Wildman–Crippen MR) is 87.4 cm³/mol. The molecule has 4 atom stereocenters. The smallest absolute Gasteiger partial charge is 0.193 e. The lowest BCUT2D eigenvalue weighted by atomic mass is 9.95. The summed E-state index contributed by atoms with van der Waals surface area (Å²) in [7, 11) is -1.88. The molecule has 21 heavy (non-hydrogen) atoms. The monoisotopic (exact) mass is 306 g/mol. The fraction of sp³-hybridized carbons (Fsp3) is 0.647. The van der Waals surface area contributed by atoms with E-state index in [2.05, 4.69) is 52.3 Å². The maximum atomic E-state index is 10.2. The number of ether oxygens (including phenoxy) is 1. The molecule has 1 aliphatic heterocycles. The van der Waals surface area contributed by atoms with Gasteiger partial charge in [-0.05, 0) is 36.7 Å². The van der Waals surface area contributed by atoms with Gasteiger partial charge in [-0.2, -0.15) is 0 Å². The zero-order chi connectivity index (χ0) is 16.0. The second-order valence-electron chi connectivity index (χ2n) is 7.51. The molecule has 0 aromatic heterocycles. The van der Waals surface area contributed by atoms with Crippen LogP contribution in [0.2, 0.25) is 18.1 Å². The van der Waals surface area contributed by atoms with Crippen molar-refractivity contribution in [3.8, 4) is 11.8 Å². The zero-order valence-electron chi connectivity index (χ0n) is 13.9. The third kappa shape index (κ3) is 3.49. The van der Waals surface area contributed by atoms with E-state index in [4.69, 9.17) is 9.16 Å². The lowest BCUT2D eigenvalue weighted by Gasteiger charge is -2.39. The van der Waals surface area contributed by atoms with Crippen LogP contribution in [0, 0.1) is 11.8 Å². The molecule has 1 fully saturated rings. The van der Waals surface area contributed by atoms with E-state index in [0.717, 1.165) is 5.57 Å². The van der Waals surface area contributed by atoms with Gasteiger partial charge in [0.15, 0.2) is 8.32 Å². The highest BCUT2D eigenvalue weighted by molar-refractivity contribution is 6.74. The Morgan fingerprint density at radius 1 is 1.38 bits per heavy atom. The van der Waals surface area contributed by atoms with Gasteiger partial charge in [0.1, 0.15) is 18.3 Å². The number of hydrogen-bond donors (Lipinski definition) is 1. The van der Waals surface area contributed by atoms with Crippen molar-refractivity contribution in [1.29, 1.82) is 0 Å². The quantitative estimate of drug-likeness (QED) is 0.484. The SMILES string of the molecule is C=C(C)C#CC1=C[C@H](O[Si](C)(C)C(C)(C)C)[C@H]2O[C@H]2C1O. The van der Waals surface area contributed by atoms with Gasteiger partial charge in [0.2, 0.25) is 0 Å². The Hall–Kier alpha value is -0.863. The van der Waals surface area contributed by atoms with Crippen LogP contribution in [0.25, 0.3) is 0 Å². The minimum absolute atomic E-state index is 0.0236. The number of rotatable bonds is 2. The summed E-state index contributed by atoms with van der Waals surface area (Å²) in [6, 6.07) is 0. The van der Waals surface area contributed by atoms with Crippen LogP contribution in [0.1, 0.15) is 27.7 Å². The van der Waals surface area contributed by atoms with Crippen LogP contribution in [0.3, 0.4) is 0 Å². The van der Waals surface area contributed by atoms with Crippen molar-refractivity contribution in [2.75, 3.05) is 0 Å². The topological polar surface area (TPSA) is 42.0 Å². The Morgan fingerprint density at radius 3 is 2.52 bits per heavy atom. The molecule has 1 N–H and O–H groups in total. The molecule has 2 aliphatic rings. The van der Waals surface area contributed by atoms with Crippen LogP contribution >= 0.6 is 0 Å². The second kappa shape index (κ2) is 5.40. The van der Waals surface area contributed by atoms with Gasteiger partial charge in [0.05, 0.1) is 6.10 Å². The van der Waals surface area contributed by atoms with Gasteiger partial charge in [-0.3, -0.25) is 0 Å². The van der Waals surface area contributed by atoms with E-state index in [1.54, 1.807) is 0 Å². The Balaban J connectivity index is 2.21. The first-order valence-electron chi connectivity index (χ1n) is 7.43. The van der Waals surface area contributed by atoms with E-state index in [1.165, 1.54) is 0 Å². The standard InChI is InChI=1S/C17H26O3Si/c1-11(2)8-9-12-10-13(15-16(19-15)14(12)18)20-21(6,7)17(3,4)5/h10,13-16,18H,1H2,2-7H3/t13-,14?,15+,16-/m0/s1. The highest BCUT2D eigenvalue weighted by Gasteiger charge is 2.55. The number of hydrogen-bond acceptors (Lipinski definition) is 3. The first-order valence-corrected chi connectivity index (χ1v) is 10.3. The summed E-state index contributed by atoms with van der Waals surface area (Å²) in [5, 5.41) is 10.3. The molecule has 0 saturated carbocycles. The van der Waals surface area contributed by atoms with Crippen molar-refractivity contribution in [1.82, 2.24) is 0 Å². The van der Waals surface area contributed by atoms with E-state index >= 15 is 0 Å². The molecule has 3 nitrogen and oxygen atoms in total. The van der Waals surface area contributed by atoms with Crippen LogP contribution in [0.15, 0.2) is 23.8 Å². The van der Waals surface area contributed by atoms with Crippen LogP contribution in [0.4, 0.5) is 0 Å². The Morgan fingerprint density at radius 2 is 2.00 bits per heavy atom. The number of aliphatic hydroxyl groups is 1. The van der Waals surface area contributed by atoms with Crippen LogP contribution in [0.5, 0.6) is 0 Å². The lowest BCUT2D eigenvalue weighted by molar-refractivity contribution is 0.169. The summed E-state index contributed by atoms with van der Waals surface area (Å²) in [6.07, 6.45) is 1.01. The normalized spacial score (nSPS) is 31.7. The van der Waals surface area contributed by atoms with Crippen molar-refractivity contribution >= 4 is 8.32 Å². The van der Waals surface area contributed by atoms with E-state index in [-0.39, 0.29) is 23.4 Å². The second-order valence-corrected chi connectivity index (χ2v) is 12.3. The summed E-state index contributed by atoms with van der Waals surface area (Å²) in [6.45, 7) is 16.7. The molecule has 1 heterocycles. The molecule has 1 aliphatic carbocycles. The largest absolute Gasteiger partial charge is 0.408 e. The summed E-state index contributed by atoms with van der Waals surface area (Å²) in [5.74, 6) is 5.93. The van der Waals surface area contributed by atoms with Gasteiger partial charge in [-0.1, -0.05) is 39.2 Å². The first-order chi connectivity index (χ1) is 9.53. The van der Waals surface area contributed by atoms with Crippen molar-refractivity contribution in [3.05, 3.63) is 23.8 Å². The van der Waals surface area contributed by atoms with Gasteiger partial charge >= 0.3 is 0 Å². The molecule has 2 rings (SSSR count). The fourth-order valence-electron chi connectivity index (χ4n) is 2.11. The zero-order valence-corrected chi connectivity index (χ0v) is 14.9. The maximum Gasteiger partial charge on any atom is 0.193 e. The van der Waals surface area contributed by atoms with Gasteiger partial charge in [-0.25, -0.2) is 0 Å². The van der Waals surface area contributed by atoms with Crippen molar-refractivity contribution in [2.24, 2.45) is 0 Å². The van der Waals surface area contributed by atoms with Crippen LogP contribution < -0.4 is 0 Å². The predicted octanol–water partition coefficient (Wildman–Crippen LogP) is 3.02. The summed E-state index contributed by atoms with van der Waals surface area (Å²) in [4.78, 5) is 0. The molecule has 4 heteroatoms. The summed E-state index contributed by atoms with van der Waals surface area (Å²) < 4.78 is 12.0. The molecular formula is C17H26O3Si. The van der Waals surface area contributed by atoms with E-state index in [1.807, 2.05) is 13.0 Å². The number of allylic oxidation sites excluding steroid dienone is 1. The van der Waals surface area contributed by atoms with Crippen LogP contribution in [-0.2, 0) is 9.16 Å². The van der Waals surface area contributed by atoms with Gasteiger partial charge in [0, 0.05) is 5.57 Å². The van der Waals surface area contributed by atoms with Crippen molar-refractivity contribution < 1.29 is 14.3 Å². The minimum atomic E-state index is -1.88. The molecule has 1 saturated heterocycles. The molecule has 1 unspecified atom stereocenters. The van der Waals surface area contributed by atoms with Gasteiger partial charge in [-0.15, -0.1) is 0 Å². The molecule has 116 valence electrons. The highest BCUT2D eigenvalue weighted by atomic mass is 28.4. The van der Waals surface area contributed by atoms with E-state index in [0.29, 0.717) is 5.57 Å². The molecule has 0 spiro atoms. The molecule has 0 amide bonds. The Bertz CT molecular complexity index is 530. The minimum Gasteiger partial charge on any atom is -0.408 e. The Kier molecular flexibility index (Phi) is 4.25. The van der Waals surface area contributed by atoms with Gasteiger partial charge in [0.25, 0.3) is 0 Å². The van der Waals surface area contributed by atoms with Gasteiger partial charge < -0.3 is 14.3 Å². The average molecular weight is 306 g/mol. The average Bonchev–Trinajstić information content (AvgIpc) is 3.09. The summed E-state index contributed by atoms with van der Waals surface area (Å²) in [5.41, 5.74) is 1.48. The van der Waals surface area contributed by atoms with Crippen LogP contribution in [-0.4, -0.2) is 37.8 Å². The van der Waals surface area contributed by atoms with Crippen molar-refractivity contribution in [2.45, 2.75) is 70.2 Å². The maximum absolute atomic E-state index is 10.2. The molecular weight excluding hydrogens is 280 g/mol.